The van der Waals surface area contributed by atoms with E-state index in [1.807, 2.05) is 0 Å². The number of aromatic nitrogens is 4. The highest BCUT2D eigenvalue weighted by Crippen LogP contribution is 2.41. The normalized spacial score (nSPS) is 20.0. The van der Waals surface area contributed by atoms with Gasteiger partial charge in [-0.15, -0.1) is 16.9 Å². The first kappa shape index (κ1) is 26.6. The van der Waals surface area contributed by atoms with Gasteiger partial charge in [0, 0.05) is 17.1 Å². The molecule has 0 bridgehead atoms. The smallest absolute Gasteiger partial charge is 0.352 e. The van der Waals surface area contributed by atoms with Crippen molar-refractivity contribution in [3.05, 3.63) is 47.2 Å². The van der Waals surface area contributed by atoms with Crippen molar-refractivity contribution >= 4 is 57.9 Å². The molecule has 0 spiro atoms. The number of β-lactam (4-membered cyclic amide) rings is 1. The van der Waals surface area contributed by atoms with E-state index in [4.69, 9.17) is 9.29 Å². The molecule has 0 aliphatic carbocycles. The number of rotatable bonds is 11. The maximum atomic E-state index is 12.9. The fraction of sp³-hybridized carbons (Fsp3) is 0.316. The predicted octanol–water partition coefficient (Wildman–Crippen LogP) is -0.737. The van der Waals surface area contributed by atoms with Crippen LogP contribution in [-0.4, -0.2) is 90.4 Å². The maximum absolute atomic E-state index is 12.9. The largest absolute Gasteiger partial charge is 0.477 e. The predicted molar refractivity (Wildman–Crippen MR) is 126 cm³/mol. The van der Waals surface area contributed by atoms with Crippen LogP contribution in [0.3, 0.4) is 0 Å². The average Bonchev–Trinajstić information content (AvgIpc) is 3.29. The Bertz CT molecular complexity index is 1360. The number of carboxylic acid groups (broad SMARTS) is 1. The van der Waals surface area contributed by atoms with Crippen LogP contribution in [0.5, 0.6) is 0 Å². The second-order valence-corrected chi connectivity index (χ2v) is 11.1. The molecule has 0 radical (unpaired) electrons. The summed E-state index contributed by atoms with van der Waals surface area (Å²) >= 11 is 2.15. The minimum Gasteiger partial charge on any atom is -0.477 e. The fourth-order valence-electron chi connectivity index (χ4n) is 3.69. The number of amides is 2. The van der Waals surface area contributed by atoms with Crippen LogP contribution in [0.2, 0.25) is 0 Å². The van der Waals surface area contributed by atoms with Gasteiger partial charge in [0.05, 0.1) is 0 Å². The first-order valence-electron chi connectivity index (χ1n) is 10.3. The van der Waals surface area contributed by atoms with Crippen LogP contribution in [-0.2, 0) is 39.9 Å². The molecule has 1 saturated heterocycles. The van der Waals surface area contributed by atoms with Gasteiger partial charge in [0.2, 0.25) is 11.3 Å². The zero-order valence-electron chi connectivity index (χ0n) is 18.5. The molecule has 1 aromatic carbocycles. The van der Waals surface area contributed by atoms with E-state index in [1.165, 1.54) is 11.8 Å². The second kappa shape index (κ2) is 10.9. The minimum absolute atomic E-state index is 0.0112. The Balaban J connectivity index is 1.48. The van der Waals surface area contributed by atoms with Crippen LogP contribution in [0, 0.1) is 0 Å². The highest BCUT2D eigenvalue weighted by molar-refractivity contribution is 8.01. The van der Waals surface area contributed by atoms with Crippen molar-refractivity contribution < 1.29 is 42.0 Å². The van der Waals surface area contributed by atoms with E-state index in [2.05, 4.69) is 20.8 Å². The Morgan fingerprint density at radius 2 is 2.05 bits per heavy atom. The van der Waals surface area contributed by atoms with Crippen LogP contribution in [0.15, 0.2) is 46.8 Å². The van der Waals surface area contributed by atoms with E-state index in [-0.39, 0.29) is 28.8 Å². The summed E-state index contributed by atoms with van der Waals surface area (Å²) in [5, 5.41) is 22.2. The summed E-state index contributed by atoms with van der Waals surface area (Å²) in [5.41, 5.74) is 0.489. The zero-order chi connectivity index (χ0) is 26.7. The monoisotopic (exact) mass is 570 g/mol. The van der Waals surface area contributed by atoms with Crippen LogP contribution in [0.1, 0.15) is 11.7 Å². The van der Waals surface area contributed by atoms with Gasteiger partial charge in [-0.25, -0.2) is 9.48 Å². The molecule has 0 saturated carbocycles. The Hall–Kier alpha value is -3.48. The highest BCUT2D eigenvalue weighted by Gasteiger charge is 2.54. The third kappa shape index (κ3) is 5.76. The third-order valence-corrected chi connectivity index (χ3v) is 8.19. The van der Waals surface area contributed by atoms with Crippen molar-refractivity contribution in [3.8, 4) is 0 Å². The van der Waals surface area contributed by atoms with Gasteiger partial charge in [-0.3, -0.25) is 23.8 Å². The van der Waals surface area contributed by atoms with E-state index >= 15 is 0 Å². The third-order valence-electron chi connectivity index (χ3n) is 5.24. The number of tetrazole rings is 1. The second-order valence-electron chi connectivity index (χ2n) is 7.64. The maximum Gasteiger partial charge on any atom is 0.352 e. The van der Waals surface area contributed by atoms with E-state index in [9.17, 15) is 32.7 Å². The molecule has 37 heavy (non-hydrogen) atoms. The quantitative estimate of drug-likeness (QED) is 0.132. The molecular formula is C19H18N6O9S3. The number of thioether (sulfide) groups is 2. The van der Waals surface area contributed by atoms with E-state index < -0.39 is 51.3 Å². The molecule has 3 N–H and O–H groups in total. The first-order chi connectivity index (χ1) is 17.6. The number of benzene rings is 1. The lowest BCUT2D eigenvalue weighted by atomic mass is 10.0. The molecular weight excluding hydrogens is 552 g/mol. The Morgan fingerprint density at radius 1 is 1.32 bits per heavy atom. The van der Waals surface area contributed by atoms with Gasteiger partial charge in [-0.2, -0.15) is 8.42 Å². The molecule has 3 atom stereocenters. The van der Waals surface area contributed by atoms with Crippen molar-refractivity contribution in [2.75, 3.05) is 11.5 Å². The molecule has 18 heteroatoms. The van der Waals surface area contributed by atoms with Gasteiger partial charge >= 0.3 is 5.97 Å². The molecule has 2 aliphatic rings. The molecule has 0 unspecified atom stereocenters. The van der Waals surface area contributed by atoms with Crippen molar-refractivity contribution in [1.82, 2.24) is 30.4 Å². The van der Waals surface area contributed by atoms with Crippen molar-refractivity contribution in [1.29, 1.82) is 0 Å². The lowest BCUT2D eigenvalue weighted by Gasteiger charge is -2.49. The minimum atomic E-state index is -4.41. The molecule has 4 rings (SSSR count). The van der Waals surface area contributed by atoms with E-state index in [0.29, 0.717) is 11.1 Å². The van der Waals surface area contributed by atoms with Crippen molar-refractivity contribution in [2.45, 2.75) is 28.6 Å². The van der Waals surface area contributed by atoms with Gasteiger partial charge in [-0.1, -0.05) is 42.1 Å². The summed E-state index contributed by atoms with van der Waals surface area (Å²) in [4.78, 5) is 49.8. The lowest BCUT2D eigenvalue weighted by Crippen LogP contribution is -2.71. The highest BCUT2D eigenvalue weighted by atomic mass is 32.2. The first-order valence-corrected chi connectivity index (χ1v) is 13.9. The molecule has 2 aromatic rings. The number of carbonyl (C=O) groups excluding carboxylic acids is 3. The SMILES string of the molecule is O=CO[C@@H](C(=O)N[C@@H]1C(=O)N2C(C(=O)O)=C(CSc3nnnn3CS(=O)(=O)O)CS[C@H]12)c1ccccc1. The molecule has 1 fully saturated rings. The van der Waals surface area contributed by atoms with Gasteiger partial charge in [0.1, 0.15) is 17.1 Å². The Kier molecular flexibility index (Phi) is 7.81. The fourth-order valence-corrected chi connectivity index (χ4v) is 6.61. The van der Waals surface area contributed by atoms with E-state index in [1.54, 1.807) is 30.3 Å². The van der Waals surface area contributed by atoms with Crippen molar-refractivity contribution in [3.63, 3.8) is 0 Å². The van der Waals surface area contributed by atoms with Gasteiger partial charge in [0.15, 0.2) is 5.88 Å². The van der Waals surface area contributed by atoms with Crippen LogP contribution < -0.4 is 5.32 Å². The van der Waals surface area contributed by atoms with Gasteiger partial charge in [-0.05, 0) is 16.0 Å². The zero-order valence-corrected chi connectivity index (χ0v) is 21.0. The summed E-state index contributed by atoms with van der Waals surface area (Å²) in [5.74, 6) is -3.43. The molecule has 1 aromatic heterocycles. The molecule has 2 aliphatic heterocycles. The van der Waals surface area contributed by atoms with Gasteiger partial charge < -0.3 is 15.2 Å². The molecule has 15 nitrogen and oxygen atoms in total. The number of nitrogens with one attached hydrogen (secondary N) is 1. The lowest BCUT2D eigenvalue weighted by molar-refractivity contribution is -0.154. The Morgan fingerprint density at radius 3 is 2.70 bits per heavy atom. The topological polar surface area (TPSA) is 211 Å². The number of hydrogen-bond acceptors (Lipinski definition) is 12. The number of ether oxygens (including phenoxy) is 1. The van der Waals surface area contributed by atoms with Gasteiger partial charge in [0.25, 0.3) is 28.4 Å². The van der Waals surface area contributed by atoms with Crippen LogP contribution in [0.4, 0.5) is 0 Å². The van der Waals surface area contributed by atoms with E-state index in [0.717, 1.165) is 21.3 Å². The number of nitrogens with zero attached hydrogens (tertiary/aromatic N) is 5. The number of aliphatic carboxylic acids is 1. The number of fused-ring (bicyclic) bond motifs is 1. The average molecular weight is 571 g/mol. The molecule has 2 amide bonds. The number of hydrogen-bond donors (Lipinski definition) is 3. The summed E-state index contributed by atoms with van der Waals surface area (Å²) in [6.45, 7) is 0.128. The van der Waals surface area contributed by atoms with Crippen LogP contribution >= 0.6 is 23.5 Å². The molecule has 196 valence electrons. The standard InChI is InChI=1S/C19H18N6O9S3/c26-9-34-14(10-4-2-1-3-5-10)15(27)20-12-16(28)25-13(18(29)30)11(6-35-17(12)25)7-36-19-21-22-23-24(19)8-37(31,32)33/h1-5,9,12,14,17H,6-8H2,(H,20,27)(H,29,30)(H,31,32,33)/t12-,14-,17-/m1/s1. The summed E-state index contributed by atoms with van der Waals surface area (Å²) in [6.07, 6.45) is -1.29. The summed E-state index contributed by atoms with van der Waals surface area (Å²) in [7, 11) is -4.41. The number of carbonyl (C=O) groups is 4. The van der Waals surface area contributed by atoms with Crippen molar-refractivity contribution in [2.24, 2.45) is 0 Å². The summed E-state index contributed by atoms with van der Waals surface area (Å²) in [6, 6.07) is 7.16. The molecule has 3 heterocycles. The number of carboxylic acids is 1. The summed E-state index contributed by atoms with van der Waals surface area (Å²) < 4.78 is 37.0. The van der Waals surface area contributed by atoms with Crippen LogP contribution in [0.25, 0.3) is 0 Å². The Labute approximate surface area is 217 Å².